The normalized spacial score (nSPS) is 10.0. The Labute approximate surface area is 106 Å². The van der Waals surface area contributed by atoms with Crippen molar-refractivity contribution in [3.05, 3.63) is 35.6 Å². The largest absolute Gasteiger partial charge is 0.383 e. The molecule has 0 bridgehead atoms. The minimum Gasteiger partial charge on any atom is -0.383 e. The van der Waals surface area contributed by atoms with Crippen molar-refractivity contribution in [3.63, 3.8) is 0 Å². The maximum absolute atomic E-state index is 12.9. The first-order valence-corrected chi connectivity index (χ1v) is 5.88. The van der Waals surface area contributed by atoms with Crippen LogP contribution in [0.25, 0.3) is 0 Å². The lowest BCUT2D eigenvalue weighted by Gasteiger charge is -2.09. The van der Waals surface area contributed by atoms with Gasteiger partial charge >= 0.3 is 0 Å². The maximum Gasteiger partial charge on any atom is 0.166 e. The number of methoxy groups -OCH3 is 1. The quantitative estimate of drug-likeness (QED) is 0.596. The maximum atomic E-state index is 12.9. The van der Waals surface area contributed by atoms with Gasteiger partial charge in [0.25, 0.3) is 0 Å². The average Bonchev–Trinajstić information content (AvgIpc) is 2.29. The molecule has 0 saturated heterocycles. The number of hydrogen-bond donors (Lipinski definition) is 2. The van der Waals surface area contributed by atoms with Crippen LogP contribution in [0.15, 0.2) is 24.3 Å². The average molecular weight is 256 g/mol. The predicted octanol–water partition coefficient (Wildman–Crippen LogP) is 1.48. The number of halogens is 1. The zero-order chi connectivity index (χ0) is 12.5. The van der Waals surface area contributed by atoms with Gasteiger partial charge in [-0.2, -0.15) is 0 Å². The summed E-state index contributed by atoms with van der Waals surface area (Å²) in [5.41, 5.74) is 0.956. The third-order valence-electron chi connectivity index (χ3n) is 2.18. The molecule has 94 valence electrons. The molecule has 0 spiro atoms. The summed E-state index contributed by atoms with van der Waals surface area (Å²) in [5, 5.41) is 6.65. The lowest BCUT2D eigenvalue weighted by atomic mass is 10.1. The molecule has 0 aliphatic heterocycles. The molecule has 0 radical (unpaired) electrons. The monoisotopic (exact) mass is 256 g/mol. The number of nitrogens with one attached hydrogen (secondary N) is 2. The zero-order valence-corrected chi connectivity index (χ0v) is 10.6. The number of thiocarbonyl (C=S) groups is 1. The fraction of sp³-hybridized carbons (Fsp3) is 0.417. The third-order valence-corrected chi connectivity index (χ3v) is 2.47. The van der Waals surface area contributed by atoms with Gasteiger partial charge in [0.15, 0.2) is 5.11 Å². The van der Waals surface area contributed by atoms with Gasteiger partial charge in [-0.25, -0.2) is 4.39 Å². The van der Waals surface area contributed by atoms with E-state index in [-0.39, 0.29) is 5.82 Å². The molecule has 1 rings (SSSR count). The molecule has 2 N–H and O–H groups in total. The Balaban J connectivity index is 2.17. The molecule has 3 nitrogen and oxygen atoms in total. The summed E-state index contributed by atoms with van der Waals surface area (Å²) in [6, 6.07) is 6.57. The van der Waals surface area contributed by atoms with E-state index in [0.29, 0.717) is 24.8 Å². The lowest BCUT2D eigenvalue weighted by molar-refractivity contribution is 0.204. The molecule has 0 fully saturated rings. The smallest absolute Gasteiger partial charge is 0.166 e. The van der Waals surface area contributed by atoms with E-state index in [0.717, 1.165) is 12.0 Å². The Hall–Kier alpha value is -1.20. The van der Waals surface area contributed by atoms with Crippen molar-refractivity contribution in [1.29, 1.82) is 0 Å². The van der Waals surface area contributed by atoms with Crippen LogP contribution in [0.4, 0.5) is 4.39 Å². The van der Waals surface area contributed by atoms with Gasteiger partial charge in [-0.15, -0.1) is 0 Å². The molecule has 0 aliphatic rings. The van der Waals surface area contributed by atoms with Crippen LogP contribution in [-0.4, -0.2) is 31.9 Å². The number of ether oxygens (including phenoxy) is 1. The van der Waals surface area contributed by atoms with Gasteiger partial charge in [-0.1, -0.05) is 12.1 Å². The first kappa shape index (κ1) is 13.9. The molecule has 0 saturated carbocycles. The second-order valence-corrected chi connectivity index (χ2v) is 3.96. The standard InChI is InChI=1S/C12H17FN2OS/c1-16-8-7-15-12(17)14-6-5-10-3-2-4-11(13)9-10/h2-4,9H,5-8H2,1H3,(H2,14,15,17). The molecule has 0 heterocycles. The SMILES string of the molecule is COCCNC(=S)NCCc1cccc(F)c1. The van der Waals surface area contributed by atoms with Crippen molar-refractivity contribution in [2.45, 2.75) is 6.42 Å². The van der Waals surface area contributed by atoms with Crippen LogP contribution in [0, 0.1) is 5.82 Å². The summed E-state index contributed by atoms with van der Waals surface area (Å²) in [6.07, 6.45) is 0.740. The van der Waals surface area contributed by atoms with Gasteiger partial charge in [0.1, 0.15) is 5.82 Å². The number of hydrogen-bond acceptors (Lipinski definition) is 2. The van der Waals surface area contributed by atoms with Crippen molar-refractivity contribution < 1.29 is 9.13 Å². The molecule has 0 unspecified atom stereocenters. The lowest BCUT2D eigenvalue weighted by Crippen LogP contribution is -2.37. The molecule has 5 heteroatoms. The van der Waals surface area contributed by atoms with E-state index < -0.39 is 0 Å². The molecular formula is C12H17FN2OS. The van der Waals surface area contributed by atoms with Gasteiger partial charge in [-0.3, -0.25) is 0 Å². The summed E-state index contributed by atoms with van der Waals surface area (Å²) in [6.45, 7) is 1.98. The first-order chi connectivity index (χ1) is 8.22. The molecule has 0 atom stereocenters. The topological polar surface area (TPSA) is 33.3 Å². The van der Waals surface area contributed by atoms with E-state index in [1.54, 1.807) is 13.2 Å². The molecule has 17 heavy (non-hydrogen) atoms. The van der Waals surface area contributed by atoms with E-state index in [1.165, 1.54) is 12.1 Å². The van der Waals surface area contributed by atoms with Crippen LogP contribution in [0.3, 0.4) is 0 Å². The highest BCUT2D eigenvalue weighted by atomic mass is 32.1. The minimum absolute atomic E-state index is 0.205. The number of rotatable bonds is 6. The molecule has 0 aliphatic carbocycles. The van der Waals surface area contributed by atoms with Gasteiger partial charge in [0.2, 0.25) is 0 Å². The van der Waals surface area contributed by atoms with Crippen molar-refractivity contribution in [2.24, 2.45) is 0 Å². The summed E-state index contributed by atoms with van der Waals surface area (Å²) in [4.78, 5) is 0. The second-order valence-electron chi connectivity index (χ2n) is 3.56. The van der Waals surface area contributed by atoms with Gasteiger partial charge in [0, 0.05) is 20.2 Å². The Morgan fingerprint density at radius 2 is 2.12 bits per heavy atom. The van der Waals surface area contributed by atoms with Crippen molar-refractivity contribution in [2.75, 3.05) is 26.8 Å². The Morgan fingerprint density at radius 1 is 1.35 bits per heavy atom. The molecule has 0 aromatic heterocycles. The van der Waals surface area contributed by atoms with E-state index >= 15 is 0 Å². The highest BCUT2D eigenvalue weighted by molar-refractivity contribution is 7.80. The number of benzene rings is 1. The summed E-state index contributed by atoms with van der Waals surface area (Å²) >= 11 is 5.06. The highest BCUT2D eigenvalue weighted by Crippen LogP contribution is 2.03. The van der Waals surface area contributed by atoms with Crippen LogP contribution in [0.5, 0.6) is 0 Å². The van der Waals surface area contributed by atoms with E-state index in [1.807, 2.05) is 6.07 Å². The van der Waals surface area contributed by atoms with Crippen molar-refractivity contribution in [3.8, 4) is 0 Å². The van der Waals surface area contributed by atoms with Gasteiger partial charge < -0.3 is 15.4 Å². The third kappa shape index (κ3) is 6.19. The van der Waals surface area contributed by atoms with E-state index in [9.17, 15) is 4.39 Å². The fourth-order valence-corrected chi connectivity index (χ4v) is 1.55. The van der Waals surface area contributed by atoms with Gasteiger partial charge in [-0.05, 0) is 36.3 Å². The summed E-state index contributed by atoms with van der Waals surface area (Å²) < 4.78 is 17.8. The van der Waals surface area contributed by atoms with Crippen molar-refractivity contribution >= 4 is 17.3 Å². The van der Waals surface area contributed by atoms with Crippen LogP contribution in [0.1, 0.15) is 5.56 Å². The van der Waals surface area contributed by atoms with E-state index in [2.05, 4.69) is 10.6 Å². The Morgan fingerprint density at radius 3 is 2.82 bits per heavy atom. The Bertz CT molecular complexity index is 360. The predicted molar refractivity (Wildman–Crippen MR) is 70.6 cm³/mol. The fourth-order valence-electron chi connectivity index (χ4n) is 1.34. The highest BCUT2D eigenvalue weighted by Gasteiger charge is 1.97. The van der Waals surface area contributed by atoms with E-state index in [4.69, 9.17) is 17.0 Å². The zero-order valence-electron chi connectivity index (χ0n) is 9.83. The molecular weight excluding hydrogens is 239 g/mol. The minimum atomic E-state index is -0.205. The Kier molecular flexibility index (Phi) is 6.50. The molecule has 1 aromatic carbocycles. The molecule has 1 aromatic rings. The van der Waals surface area contributed by atoms with Crippen LogP contribution < -0.4 is 10.6 Å². The first-order valence-electron chi connectivity index (χ1n) is 5.47. The van der Waals surface area contributed by atoms with Crippen LogP contribution in [-0.2, 0) is 11.2 Å². The van der Waals surface area contributed by atoms with Crippen molar-refractivity contribution in [1.82, 2.24) is 10.6 Å². The molecule has 0 amide bonds. The van der Waals surface area contributed by atoms with Crippen LogP contribution >= 0.6 is 12.2 Å². The summed E-state index contributed by atoms with van der Waals surface area (Å²) in [7, 11) is 1.64. The summed E-state index contributed by atoms with van der Waals surface area (Å²) in [5.74, 6) is -0.205. The van der Waals surface area contributed by atoms with Crippen LogP contribution in [0.2, 0.25) is 0 Å². The van der Waals surface area contributed by atoms with Gasteiger partial charge in [0.05, 0.1) is 6.61 Å². The second kappa shape index (κ2) is 7.97.